The molecule has 3 heterocycles. The Morgan fingerprint density at radius 1 is 1.07 bits per heavy atom. The number of fused-ring (bicyclic) bond motifs is 2. The van der Waals surface area contributed by atoms with Crippen LogP contribution in [0.15, 0.2) is 47.1 Å². The minimum absolute atomic E-state index is 0.0888. The van der Waals surface area contributed by atoms with Gasteiger partial charge >= 0.3 is 0 Å². The molecule has 138 valence electrons. The van der Waals surface area contributed by atoms with Crippen molar-refractivity contribution >= 4 is 33.6 Å². The third-order valence-electron chi connectivity index (χ3n) is 4.42. The maximum absolute atomic E-state index is 13.9. The van der Waals surface area contributed by atoms with E-state index in [1.54, 1.807) is 0 Å². The number of H-pyrrole nitrogens is 1. The summed E-state index contributed by atoms with van der Waals surface area (Å²) in [6.07, 6.45) is 1.48. The van der Waals surface area contributed by atoms with Crippen LogP contribution in [0.5, 0.6) is 0 Å². The predicted octanol–water partition coefficient (Wildman–Crippen LogP) is 4.49. The number of aromatic nitrogens is 5. The summed E-state index contributed by atoms with van der Waals surface area (Å²) >= 11 is 0. The Bertz CT molecular complexity index is 1340. The molecule has 0 radical (unpaired) electrons. The van der Waals surface area contributed by atoms with Gasteiger partial charge in [-0.25, -0.2) is 18.7 Å². The van der Waals surface area contributed by atoms with Crippen molar-refractivity contribution in [2.75, 3.05) is 5.32 Å². The molecule has 0 bridgehead atoms. The van der Waals surface area contributed by atoms with Crippen LogP contribution < -0.4 is 5.32 Å². The minimum Gasteiger partial charge on any atom is -0.351 e. The van der Waals surface area contributed by atoms with Gasteiger partial charge < -0.3 is 9.84 Å². The van der Waals surface area contributed by atoms with Gasteiger partial charge in [0.25, 0.3) is 0 Å². The van der Waals surface area contributed by atoms with Gasteiger partial charge in [-0.3, -0.25) is 5.10 Å². The summed E-state index contributed by atoms with van der Waals surface area (Å²) in [4.78, 5) is 9.02. The second-order valence-electron chi connectivity index (χ2n) is 6.26. The summed E-state index contributed by atoms with van der Waals surface area (Å²) in [5.41, 5.74) is 2.74. The van der Waals surface area contributed by atoms with E-state index in [1.165, 1.54) is 12.3 Å². The fourth-order valence-corrected chi connectivity index (χ4v) is 3.06. The first-order valence-corrected chi connectivity index (χ1v) is 8.39. The number of aromatic amines is 1. The van der Waals surface area contributed by atoms with Gasteiger partial charge in [-0.2, -0.15) is 5.10 Å². The van der Waals surface area contributed by atoms with Crippen LogP contribution in [0.1, 0.15) is 5.56 Å². The lowest BCUT2D eigenvalue weighted by Crippen LogP contribution is -1.99. The SMILES string of the molecule is Cc1ccccc1-c1nc(Nc2n[nH]c3c(F)cc(F)cc23)c2oncc2n1. The van der Waals surface area contributed by atoms with Gasteiger partial charge in [-0.1, -0.05) is 29.4 Å². The van der Waals surface area contributed by atoms with Crippen LogP contribution in [0, 0.1) is 18.6 Å². The summed E-state index contributed by atoms with van der Waals surface area (Å²) in [6, 6.07) is 9.66. The molecule has 0 saturated carbocycles. The second-order valence-corrected chi connectivity index (χ2v) is 6.26. The molecular formula is C19H12F2N6O. The van der Waals surface area contributed by atoms with Crippen LogP contribution in [0.2, 0.25) is 0 Å². The maximum Gasteiger partial charge on any atom is 0.227 e. The molecule has 0 fully saturated rings. The summed E-state index contributed by atoms with van der Waals surface area (Å²) in [5.74, 6) is -0.473. The molecular weight excluding hydrogens is 366 g/mol. The van der Waals surface area contributed by atoms with Crippen molar-refractivity contribution in [3.05, 3.63) is 59.8 Å². The lowest BCUT2D eigenvalue weighted by Gasteiger charge is -2.08. The number of aryl methyl sites for hydroxylation is 1. The third kappa shape index (κ3) is 2.56. The van der Waals surface area contributed by atoms with Crippen LogP contribution in [0.25, 0.3) is 33.4 Å². The number of rotatable bonds is 3. The quantitative estimate of drug-likeness (QED) is 0.480. The molecule has 9 heteroatoms. The van der Waals surface area contributed by atoms with Gasteiger partial charge in [-0.05, 0) is 18.6 Å². The Morgan fingerprint density at radius 3 is 2.79 bits per heavy atom. The van der Waals surface area contributed by atoms with Crippen molar-refractivity contribution in [1.82, 2.24) is 25.3 Å². The number of anilines is 2. The van der Waals surface area contributed by atoms with E-state index in [1.807, 2.05) is 31.2 Å². The van der Waals surface area contributed by atoms with Crippen LogP contribution in [0.3, 0.4) is 0 Å². The zero-order chi connectivity index (χ0) is 19.3. The average Bonchev–Trinajstić information content (AvgIpc) is 3.29. The maximum atomic E-state index is 13.9. The summed E-state index contributed by atoms with van der Waals surface area (Å²) in [5, 5.41) is 13.6. The molecule has 0 saturated heterocycles. The largest absolute Gasteiger partial charge is 0.351 e. The van der Waals surface area contributed by atoms with Gasteiger partial charge in [0, 0.05) is 11.6 Å². The smallest absolute Gasteiger partial charge is 0.227 e. The zero-order valence-electron chi connectivity index (χ0n) is 14.5. The molecule has 0 aliphatic rings. The van der Waals surface area contributed by atoms with Crippen molar-refractivity contribution in [1.29, 1.82) is 0 Å². The number of nitrogens with zero attached hydrogens (tertiary/aromatic N) is 4. The van der Waals surface area contributed by atoms with E-state index in [0.29, 0.717) is 22.7 Å². The number of benzene rings is 2. The highest BCUT2D eigenvalue weighted by molar-refractivity contribution is 5.94. The standard InChI is InChI=1S/C19H12F2N6O/c1-9-4-2-3-5-11(9)17-23-14-8-22-28-16(14)19(24-17)25-18-12-6-10(20)7-13(21)15(12)26-27-18/h2-8H,1H3,(H2,23,24,25,26,27). The normalized spacial score (nSPS) is 11.4. The van der Waals surface area contributed by atoms with Crippen LogP contribution in [0.4, 0.5) is 20.4 Å². The lowest BCUT2D eigenvalue weighted by atomic mass is 10.1. The fraction of sp³-hybridized carbons (Fsp3) is 0.0526. The molecule has 0 atom stereocenters. The highest BCUT2D eigenvalue weighted by atomic mass is 19.1. The van der Waals surface area contributed by atoms with Gasteiger partial charge in [0.15, 0.2) is 23.3 Å². The van der Waals surface area contributed by atoms with Crippen molar-refractivity contribution < 1.29 is 13.3 Å². The van der Waals surface area contributed by atoms with Crippen molar-refractivity contribution in [3.8, 4) is 11.4 Å². The van der Waals surface area contributed by atoms with Gasteiger partial charge in [-0.15, -0.1) is 0 Å². The molecule has 5 rings (SSSR count). The van der Waals surface area contributed by atoms with Gasteiger partial charge in [0.05, 0.1) is 11.6 Å². The van der Waals surface area contributed by atoms with Crippen molar-refractivity contribution in [2.45, 2.75) is 6.92 Å². The van der Waals surface area contributed by atoms with Crippen molar-refractivity contribution in [3.63, 3.8) is 0 Å². The molecule has 5 aromatic rings. The van der Waals surface area contributed by atoms with E-state index in [9.17, 15) is 8.78 Å². The third-order valence-corrected chi connectivity index (χ3v) is 4.42. The van der Waals surface area contributed by atoms with E-state index in [-0.39, 0.29) is 16.7 Å². The van der Waals surface area contributed by atoms with Gasteiger partial charge in [0.1, 0.15) is 16.9 Å². The van der Waals surface area contributed by atoms with E-state index in [2.05, 4.69) is 30.6 Å². The van der Waals surface area contributed by atoms with E-state index < -0.39 is 11.6 Å². The van der Waals surface area contributed by atoms with Crippen LogP contribution in [-0.4, -0.2) is 25.3 Å². The number of halogens is 2. The lowest BCUT2D eigenvalue weighted by molar-refractivity contribution is 0.456. The minimum atomic E-state index is -0.733. The number of hydrogen-bond acceptors (Lipinski definition) is 6. The topological polar surface area (TPSA) is 92.5 Å². The second kappa shape index (κ2) is 6.08. The van der Waals surface area contributed by atoms with Crippen molar-refractivity contribution in [2.24, 2.45) is 0 Å². The molecule has 3 aromatic heterocycles. The average molecular weight is 378 g/mol. The monoisotopic (exact) mass is 378 g/mol. The molecule has 0 aliphatic heterocycles. The summed E-state index contributed by atoms with van der Waals surface area (Å²) in [7, 11) is 0. The van der Waals surface area contributed by atoms with E-state index in [4.69, 9.17) is 4.52 Å². The Balaban J connectivity index is 1.67. The molecule has 0 aliphatic carbocycles. The first kappa shape index (κ1) is 16.3. The van der Waals surface area contributed by atoms with E-state index in [0.717, 1.165) is 17.2 Å². The number of hydrogen-bond donors (Lipinski definition) is 2. The zero-order valence-corrected chi connectivity index (χ0v) is 14.5. The molecule has 0 unspecified atom stereocenters. The highest BCUT2D eigenvalue weighted by Crippen LogP contribution is 2.31. The fourth-order valence-electron chi connectivity index (χ4n) is 3.06. The Kier molecular flexibility index (Phi) is 3.54. The molecule has 0 spiro atoms. The molecule has 0 amide bonds. The molecule has 2 aromatic carbocycles. The highest BCUT2D eigenvalue weighted by Gasteiger charge is 2.18. The van der Waals surface area contributed by atoms with Crippen LogP contribution >= 0.6 is 0 Å². The van der Waals surface area contributed by atoms with E-state index >= 15 is 0 Å². The molecule has 28 heavy (non-hydrogen) atoms. The molecule has 7 nitrogen and oxygen atoms in total. The number of nitrogens with one attached hydrogen (secondary N) is 2. The Hall–Kier alpha value is -3.88. The van der Waals surface area contributed by atoms with Crippen LogP contribution in [-0.2, 0) is 0 Å². The first-order chi connectivity index (χ1) is 13.6. The summed E-state index contributed by atoms with van der Waals surface area (Å²) < 4.78 is 32.9. The predicted molar refractivity (Wildman–Crippen MR) is 99.1 cm³/mol. The van der Waals surface area contributed by atoms with Gasteiger partial charge in [0.2, 0.25) is 5.58 Å². The Labute approximate surface area is 156 Å². The first-order valence-electron chi connectivity index (χ1n) is 8.39. The Morgan fingerprint density at radius 2 is 1.93 bits per heavy atom. The molecule has 2 N–H and O–H groups in total. The summed E-state index contributed by atoms with van der Waals surface area (Å²) in [6.45, 7) is 1.95.